The lowest BCUT2D eigenvalue weighted by atomic mass is 10.2. The van der Waals surface area contributed by atoms with Crippen LogP contribution in [0.4, 0.5) is 5.69 Å². The summed E-state index contributed by atoms with van der Waals surface area (Å²) in [5, 5.41) is 16.0. The average molecular weight is 417 g/mol. The summed E-state index contributed by atoms with van der Waals surface area (Å²) in [6, 6.07) is 11.4. The van der Waals surface area contributed by atoms with Gasteiger partial charge in [0.05, 0.1) is 24.0 Å². The topological polar surface area (TPSA) is 94.3 Å². The number of nitrogens with zero attached hydrogens (tertiary/aromatic N) is 3. The smallest absolute Gasteiger partial charge is 0.269 e. The van der Waals surface area contributed by atoms with Gasteiger partial charge >= 0.3 is 0 Å². The summed E-state index contributed by atoms with van der Waals surface area (Å²) in [4.78, 5) is 21.9. The Morgan fingerprint density at radius 3 is 2.64 bits per heavy atom. The second-order valence-corrected chi connectivity index (χ2v) is 7.24. The number of thioether (sulfide) groups is 1. The Bertz CT molecular complexity index is 931. The number of nitro groups is 1. The summed E-state index contributed by atoms with van der Waals surface area (Å²) in [5.41, 5.74) is 1.53. The van der Waals surface area contributed by atoms with Crippen LogP contribution in [0.5, 0.6) is 11.5 Å². The van der Waals surface area contributed by atoms with Gasteiger partial charge in [-0.05, 0) is 41.5 Å². The Labute approximate surface area is 170 Å². The maximum Gasteiger partial charge on any atom is 0.269 e. The highest BCUT2D eigenvalue weighted by Crippen LogP contribution is 2.29. The molecule has 2 aromatic carbocycles. The molecule has 8 nitrogen and oxygen atoms in total. The van der Waals surface area contributed by atoms with Crippen molar-refractivity contribution in [2.24, 2.45) is 5.10 Å². The van der Waals surface area contributed by atoms with E-state index in [1.54, 1.807) is 30.3 Å². The van der Waals surface area contributed by atoms with Gasteiger partial charge in [-0.2, -0.15) is 10.1 Å². The Morgan fingerprint density at radius 1 is 1.29 bits per heavy atom. The van der Waals surface area contributed by atoms with E-state index in [1.165, 1.54) is 42.2 Å². The molecule has 0 unspecified atom stereocenters. The van der Waals surface area contributed by atoms with Crippen LogP contribution in [0.2, 0.25) is 0 Å². The van der Waals surface area contributed by atoms with Crippen LogP contribution in [0, 0.1) is 10.1 Å². The normalized spacial score (nSPS) is 14.0. The third kappa shape index (κ3) is 4.65. The van der Waals surface area contributed by atoms with Gasteiger partial charge in [0.1, 0.15) is 6.61 Å². The minimum absolute atomic E-state index is 0.0272. The number of benzene rings is 2. The fourth-order valence-corrected chi connectivity index (χ4v) is 3.31. The fourth-order valence-electron chi connectivity index (χ4n) is 2.34. The van der Waals surface area contributed by atoms with E-state index in [1.807, 2.05) is 0 Å². The van der Waals surface area contributed by atoms with Crippen molar-refractivity contribution in [3.8, 4) is 11.5 Å². The number of nitro benzene ring substituents is 1. The van der Waals surface area contributed by atoms with Gasteiger partial charge in [0.2, 0.25) is 0 Å². The van der Waals surface area contributed by atoms with Crippen molar-refractivity contribution in [2.45, 2.75) is 6.61 Å². The van der Waals surface area contributed by atoms with Gasteiger partial charge in [-0.25, -0.2) is 0 Å². The van der Waals surface area contributed by atoms with Crippen molar-refractivity contribution in [1.29, 1.82) is 0 Å². The molecule has 144 valence electrons. The van der Waals surface area contributed by atoms with E-state index in [4.69, 9.17) is 21.7 Å². The van der Waals surface area contributed by atoms with Crippen LogP contribution >= 0.6 is 24.0 Å². The van der Waals surface area contributed by atoms with Crippen LogP contribution in [-0.4, -0.2) is 39.2 Å². The zero-order valence-electron chi connectivity index (χ0n) is 14.7. The van der Waals surface area contributed by atoms with E-state index in [-0.39, 0.29) is 18.2 Å². The molecular weight excluding hydrogens is 402 g/mol. The number of amides is 1. The highest BCUT2D eigenvalue weighted by atomic mass is 32.2. The molecule has 1 aliphatic heterocycles. The maximum atomic E-state index is 11.7. The Morgan fingerprint density at radius 2 is 2.04 bits per heavy atom. The third-order valence-corrected chi connectivity index (χ3v) is 5.12. The Kier molecular flexibility index (Phi) is 6.22. The highest BCUT2D eigenvalue weighted by Gasteiger charge is 2.25. The van der Waals surface area contributed by atoms with Crippen LogP contribution in [0.25, 0.3) is 0 Å². The van der Waals surface area contributed by atoms with E-state index < -0.39 is 4.92 Å². The van der Waals surface area contributed by atoms with Gasteiger partial charge in [-0.1, -0.05) is 24.0 Å². The number of methoxy groups -OCH3 is 1. The number of non-ortho nitro benzene ring substituents is 1. The van der Waals surface area contributed by atoms with Crippen LogP contribution in [0.1, 0.15) is 11.1 Å². The molecule has 0 radical (unpaired) electrons. The number of thiocarbonyl (C=S) groups is 1. The summed E-state index contributed by atoms with van der Waals surface area (Å²) >= 11 is 6.36. The van der Waals surface area contributed by atoms with Crippen LogP contribution in [0.15, 0.2) is 47.6 Å². The van der Waals surface area contributed by atoms with Crippen LogP contribution in [0.3, 0.4) is 0 Å². The van der Waals surface area contributed by atoms with Gasteiger partial charge in [0.15, 0.2) is 15.8 Å². The summed E-state index contributed by atoms with van der Waals surface area (Å²) in [6.07, 6.45) is 1.53. The molecule has 2 aromatic rings. The predicted octanol–water partition coefficient (Wildman–Crippen LogP) is 3.38. The lowest BCUT2D eigenvalue weighted by Crippen LogP contribution is -2.22. The molecule has 0 aromatic heterocycles. The van der Waals surface area contributed by atoms with Crippen molar-refractivity contribution in [2.75, 3.05) is 12.9 Å². The number of hydrogen-bond donors (Lipinski definition) is 0. The minimum atomic E-state index is -0.449. The first-order chi connectivity index (χ1) is 13.5. The molecule has 1 fully saturated rings. The number of hydrogen-bond acceptors (Lipinski definition) is 8. The first-order valence-corrected chi connectivity index (χ1v) is 9.45. The largest absolute Gasteiger partial charge is 0.493 e. The molecule has 0 N–H and O–H groups in total. The van der Waals surface area contributed by atoms with Gasteiger partial charge in [0, 0.05) is 12.1 Å². The average Bonchev–Trinajstić information content (AvgIpc) is 3.02. The quantitative estimate of drug-likeness (QED) is 0.295. The number of rotatable bonds is 7. The molecule has 28 heavy (non-hydrogen) atoms. The molecule has 10 heteroatoms. The van der Waals surface area contributed by atoms with Crippen LogP contribution < -0.4 is 9.47 Å². The number of hydrazone groups is 1. The van der Waals surface area contributed by atoms with Gasteiger partial charge in [-0.3, -0.25) is 14.9 Å². The first-order valence-electron chi connectivity index (χ1n) is 8.06. The maximum absolute atomic E-state index is 11.7. The SMILES string of the molecule is COc1cc(/C=N/N2C(=O)CSC2=S)ccc1OCc1ccc([N+](=O)[O-])cc1. The van der Waals surface area contributed by atoms with E-state index in [0.29, 0.717) is 27.1 Å². The molecule has 1 aliphatic rings. The summed E-state index contributed by atoms with van der Waals surface area (Å²) < 4.78 is 11.5. The second kappa shape index (κ2) is 8.81. The minimum Gasteiger partial charge on any atom is -0.493 e. The lowest BCUT2D eigenvalue weighted by molar-refractivity contribution is -0.384. The standard InChI is InChI=1S/C18H15N3O5S2/c1-25-16-8-13(9-19-20-17(22)11-28-18(20)27)4-7-15(16)26-10-12-2-5-14(6-3-12)21(23)24/h2-9H,10-11H2,1H3/b19-9+. The van der Waals surface area contributed by atoms with Crippen molar-refractivity contribution in [3.63, 3.8) is 0 Å². The summed E-state index contributed by atoms with van der Waals surface area (Å²) in [5.74, 6) is 1.16. The van der Waals surface area contributed by atoms with Gasteiger partial charge in [-0.15, -0.1) is 0 Å². The summed E-state index contributed by atoms with van der Waals surface area (Å²) in [6.45, 7) is 0.232. The van der Waals surface area contributed by atoms with E-state index in [2.05, 4.69) is 5.10 Å². The molecule has 1 saturated heterocycles. The molecule has 0 aliphatic carbocycles. The fraction of sp³-hybridized carbons (Fsp3) is 0.167. The summed E-state index contributed by atoms with van der Waals surface area (Å²) in [7, 11) is 1.52. The first kappa shape index (κ1) is 19.8. The van der Waals surface area contributed by atoms with Gasteiger partial charge in [0.25, 0.3) is 11.6 Å². The molecular formula is C18H15N3O5S2. The van der Waals surface area contributed by atoms with Crippen molar-refractivity contribution < 1.29 is 19.2 Å². The molecule has 1 amide bonds. The lowest BCUT2D eigenvalue weighted by Gasteiger charge is -2.12. The monoisotopic (exact) mass is 417 g/mol. The highest BCUT2D eigenvalue weighted by molar-refractivity contribution is 8.23. The molecule has 0 saturated carbocycles. The van der Waals surface area contributed by atoms with Crippen LogP contribution in [-0.2, 0) is 11.4 Å². The number of ether oxygens (including phenoxy) is 2. The van der Waals surface area contributed by atoms with E-state index in [9.17, 15) is 14.9 Å². The van der Waals surface area contributed by atoms with Crippen molar-refractivity contribution in [3.05, 3.63) is 63.7 Å². The zero-order chi connectivity index (χ0) is 20.1. The number of carbonyl (C=O) groups is 1. The van der Waals surface area contributed by atoms with Crippen molar-refractivity contribution in [1.82, 2.24) is 5.01 Å². The Hall–Kier alpha value is -2.98. The van der Waals surface area contributed by atoms with E-state index in [0.717, 1.165) is 5.56 Å². The Balaban J connectivity index is 1.68. The zero-order valence-corrected chi connectivity index (χ0v) is 16.4. The third-order valence-electron chi connectivity index (χ3n) is 3.78. The molecule has 0 atom stereocenters. The number of carbonyl (C=O) groups excluding carboxylic acids is 1. The molecule has 0 spiro atoms. The second-order valence-electron chi connectivity index (χ2n) is 5.63. The molecule has 1 heterocycles. The van der Waals surface area contributed by atoms with Gasteiger partial charge < -0.3 is 9.47 Å². The van der Waals surface area contributed by atoms with E-state index >= 15 is 0 Å². The predicted molar refractivity (Wildman–Crippen MR) is 110 cm³/mol. The molecule has 3 rings (SSSR count). The molecule has 0 bridgehead atoms. The van der Waals surface area contributed by atoms with Crippen molar-refractivity contribution >= 4 is 46.1 Å².